The number of rotatable bonds is 5. The lowest BCUT2D eigenvalue weighted by Gasteiger charge is -2.20. The molecule has 1 amide bonds. The van der Waals surface area contributed by atoms with Gasteiger partial charge in [-0.05, 0) is 31.0 Å². The Balaban J connectivity index is 1.68. The third-order valence-corrected chi connectivity index (χ3v) is 4.87. The van der Waals surface area contributed by atoms with Crippen molar-refractivity contribution in [2.75, 3.05) is 33.9 Å². The first-order chi connectivity index (χ1) is 11.7. The number of hydrazine groups is 1. The second-order valence-electron chi connectivity index (χ2n) is 6.36. The molecule has 0 spiro atoms. The summed E-state index contributed by atoms with van der Waals surface area (Å²) in [5.74, 6) is 1.82. The van der Waals surface area contributed by atoms with Gasteiger partial charge in [0, 0.05) is 31.2 Å². The number of carbonyl (C=O) groups is 1. The molecule has 2 aliphatic heterocycles. The quantitative estimate of drug-likeness (QED) is 0.725. The zero-order chi connectivity index (χ0) is 17.1. The fourth-order valence-electron chi connectivity index (χ4n) is 3.44. The minimum absolute atomic E-state index is 0.0276. The Labute approximate surface area is 141 Å². The summed E-state index contributed by atoms with van der Waals surface area (Å²) in [6.45, 7) is 1.50. The average Bonchev–Trinajstić information content (AvgIpc) is 3.29. The minimum atomic E-state index is -0.275. The summed E-state index contributed by atoms with van der Waals surface area (Å²) < 4.78 is 10.7. The SMILES string of the molecule is COc1ccc(OC)c(C2CC(C(=O)N3CCC(CO)C3)NN2)c1. The number of nitrogens with one attached hydrogen (secondary N) is 2. The molecule has 132 valence electrons. The van der Waals surface area contributed by atoms with Crippen LogP contribution in [0.3, 0.4) is 0 Å². The van der Waals surface area contributed by atoms with Gasteiger partial charge in [-0.2, -0.15) is 0 Å². The minimum Gasteiger partial charge on any atom is -0.497 e. The molecule has 3 rings (SSSR count). The Morgan fingerprint density at radius 3 is 2.83 bits per heavy atom. The number of hydrogen-bond acceptors (Lipinski definition) is 6. The number of nitrogens with zero attached hydrogens (tertiary/aromatic N) is 1. The highest BCUT2D eigenvalue weighted by atomic mass is 16.5. The van der Waals surface area contributed by atoms with Gasteiger partial charge in [0.25, 0.3) is 0 Å². The van der Waals surface area contributed by atoms with Crippen molar-refractivity contribution in [2.45, 2.75) is 24.9 Å². The zero-order valence-corrected chi connectivity index (χ0v) is 14.1. The number of hydrogen-bond donors (Lipinski definition) is 3. The molecule has 24 heavy (non-hydrogen) atoms. The van der Waals surface area contributed by atoms with Crippen LogP contribution >= 0.6 is 0 Å². The molecular weight excluding hydrogens is 310 g/mol. The average molecular weight is 335 g/mol. The summed E-state index contributed by atoms with van der Waals surface area (Å²) in [6, 6.07) is 5.36. The van der Waals surface area contributed by atoms with Crippen LogP contribution in [0.2, 0.25) is 0 Å². The third kappa shape index (κ3) is 3.33. The van der Waals surface area contributed by atoms with Gasteiger partial charge in [0.05, 0.1) is 20.3 Å². The number of carbonyl (C=O) groups excluding carboxylic acids is 1. The maximum atomic E-state index is 12.6. The Hall–Kier alpha value is -1.83. The highest BCUT2D eigenvalue weighted by molar-refractivity contribution is 5.82. The van der Waals surface area contributed by atoms with Gasteiger partial charge in [-0.15, -0.1) is 0 Å². The van der Waals surface area contributed by atoms with Crippen molar-refractivity contribution in [1.29, 1.82) is 0 Å². The molecule has 7 nitrogen and oxygen atoms in total. The van der Waals surface area contributed by atoms with Crippen molar-refractivity contribution >= 4 is 5.91 Å². The predicted octanol–water partition coefficient (Wildman–Crippen LogP) is 0.452. The lowest BCUT2D eigenvalue weighted by atomic mass is 10.00. The van der Waals surface area contributed by atoms with Crippen LogP contribution in [0.4, 0.5) is 0 Å². The lowest BCUT2D eigenvalue weighted by Crippen LogP contribution is -2.44. The molecule has 1 aromatic carbocycles. The van der Waals surface area contributed by atoms with Crippen LogP contribution in [0.1, 0.15) is 24.4 Å². The van der Waals surface area contributed by atoms with E-state index in [9.17, 15) is 9.90 Å². The molecule has 0 bridgehead atoms. The lowest BCUT2D eigenvalue weighted by molar-refractivity contribution is -0.132. The van der Waals surface area contributed by atoms with Crippen LogP contribution in [0, 0.1) is 5.92 Å². The van der Waals surface area contributed by atoms with Crippen molar-refractivity contribution in [1.82, 2.24) is 15.8 Å². The van der Waals surface area contributed by atoms with Gasteiger partial charge in [-0.1, -0.05) is 0 Å². The van der Waals surface area contributed by atoms with E-state index in [0.717, 1.165) is 30.0 Å². The molecule has 2 fully saturated rings. The molecule has 2 aliphatic rings. The van der Waals surface area contributed by atoms with Crippen LogP contribution in [0.5, 0.6) is 11.5 Å². The van der Waals surface area contributed by atoms with E-state index < -0.39 is 0 Å². The first kappa shape index (κ1) is 17.0. The van der Waals surface area contributed by atoms with Gasteiger partial charge in [0.1, 0.15) is 17.5 Å². The van der Waals surface area contributed by atoms with Gasteiger partial charge >= 0.3 is 0 Å². The number of aliphatic hydroxyl groups is 1. The Morgan fingerprint density at radius 2 is 2.17 bits per heavy atom. The normalized spacial score (nSPS) is 26.6. The molecule has 0 saturated carbocycles. The van der Waals surface area contributed by atoms with Crippen LogP contribution < -0.4 is 20.3 Å². The van der Waals surface area contributed by atoms with Gasteiger partial charge < -0.3 is 19.5 Å². The van der Waals surface area contributed by atoms with E-state index in [1.807, 2.05) is 23.1 Å². The molecule has 0 aliphatic carbocycles. The summed E-state index contributed by atoms with van der Waals surface area (Å²) in [4.78, 5) is 14.5. The van der Waals surface area contributed by atoms with Crippen molar-refractivity contribution in [2.24, 2.45) is 5.92 Å². The van der Waals surface area contributed by atoms with Crippen molar-refractivity contribution < 1.29 is 19.4 Å². The van der Waals surface area contributed by atoms with Gasteiger partial charge in [0.15, 0.2) is 0 Å². The molecule has 2 saturated heterocycles. The molecule has 0 radical (unpaired) electrons. The number of ether oxygens (including phenoxy) is 2. The van der Waals surface area contributed by atoms with E-state index in [1.165, 1.54) is 0 Å². The Morgan fingerprint density at radius 1 is 1.33 bits per heavy atom. The molecule has 3 unspecified atom stereocenters. The molecule has 0 aromatic heterocycles. The summed E-state index contributed by atoms with van der Waals surface area (Å²) in [7, 11) is 3.26. The van der Waals surface area contributed by atoms with E-state index in [1.54, 1.807) is 14.2 Å². The number of aliphatic hydroxyl groups excluding tert-OH is 1. The fraction of sp³-hybridized carbons (Fsp3) is 0.588. The Kier molecular flexibility index (Phi) is 5.23. The van der Waals surface area contributed by atoms with Crippen molar-refractivity contribution in [3.63, 3.8) is 0 Å². The van der Waals surface area contributed by atoms with Gasteiger partial charge in [-0.25, -0.2) is 10.9 Å². The number of benzene rings is 1. The van der Waals surface area contributed by atoms with E-state index in [2.05, 4.69) is 10.9 Å². The van der Waals surface area contributed by atoms with Crippen molar-refractivity contribution in [3.05, 3.63) is 23.8 Å². The third-order valence-electron chi connectivity index (χ3n) is 4.87. The van der Waals surface area contributed by atoms with Crippen molar-refractivity contribution in [3.8, 4) is 11.5 Å². The molecule has 3 atom stereocenters. The zero-order valence-electron chi connectivity index (χ0n) is 14.1. The Bertz CT molecular complexity index is 595. The first-order valence-corrected chi connectivity index (χ1v) is 8.29. The second-order valence-corrected chi connectivity index (χ2v) is 6.36. The summed E-state index contributed by atoms with van der Waals surface area (Å²) >= 11 is 0. The summed E-state index contributed by atoms with van der Waals surface area (Å²) in [5.41, 5.74) is 7.27. The summed E-state index contributed by atoms with van der Waals surface area (Å²) in [6.07, 6.45) is 1.51. The van der Waals surface area contributed by atoms with E-state index in [4.69, 9.17) is 9.47 Å². The molecule has 7 heteroatoms. The highest BCUT2D eigenvalue weighted by Gasteiger charge is 2.36. The second kappa shape index (κ2) is 7.38. The van der Waals surface area contributed by atoms with Gasteiger partial charge in [0.2, 0.25) is 5.91 Å². The largest absolute Gasteiger partial charge is 0.497 e. The van der Waals surface area contributed by atoms with Crippen LogP contribution in [-0.4, -0.2) is 55.9 Å². The molecule has 2 heterocycles. The number of likely N-dealkylation sites (tertiary alicyclic amines) is 1. The smallest absolute Gasteiger partial charge is 0.241 e. The standard InChI is InChI=1S/C17H25N3O4/c1-23-12-3-4-16(24-2)13(7-12)14-8-15(19-18-14)17(22)20-6-5-11(9-20)10-21/h3-4,7,11,14-15,18-19,21H,5-6,8-10H2,1-2H3. The first-order valence-electron chi connectivity index (χ1n) is 8.29. The molecular formula is C17H25N3O4. The molecule has 1 aromatic rings. The highest BCUT2D eigenvalue weighted by Crippen LogP contribution is 2.33. The van der Waals surface area contributed by atoms with Crippen LogP contribution in [0.15, 0.2) is 18.2 Å². The van der Waals surface area contributed by atoms with Crippen LogP contribution in [0.25, 0.3) is 0 Å². The predicted molar refractivity (Wildman–Crippen MR) is 88.7 cm³/mol. The van der Waals surface area contributed by atoms with E-state index in [-0.39, 0.29) is 30.5 Å². The number of amides is 1. The van der Waals surface area contributed by atoms with E-state index >= 15 is 0 Å². The summed E-state index contributed by atoms with van der Waals surface area (Å²) in [5, 5.41) is 9.24. The monoisotopic (exact) mass is 335 g/mol. The maximum Gasteiger partial charge on any atom is 0.241 e. The van der Waals surface area contributed by atoms with E-state index in [0.29, 0.717) is 13.0 Å². The van der Waals surface area contributed by atoms with Gasteiger partial charge in [-0.3, -0.25) is 4.79 Å². The topological polar surface area (TPSA) is 83.1 Å². The number of methoxy groups -OCH3 is 2. The maximum absolute atomic E-state index is 12.6. The van der Waals surface area contributed by atoms with Crippen LogP contribution in [-0.2, 0) is 4.79 Å². The fourth-order valence-corrected chi connectivity index (χ4v) is 3.44. The molecule has 3 N–H and O–H groups in total.